The Bertz CT molecular complexity index is 5120. The number of aromatic amines is 2. The standard InChI is InChI=1S/C83H117N23O18S2.C2HF3O2.CH4/c1-11-43(5)68(103-72(114)53(84)30-46-23-25-50(107)26-24-46)80(122)100-61-39-125-126-40-62(82(124)106(10)69(70(86)112)44(6)12-2)101-73(115)55(21-17-29-90-83(87)88)94-76(118)58(33-49-36-89-41-92-49)96-71(113)45(7)93-65(109)38-105(9)81(123)60(31-47-35-91-54-20-15-13-18-51(47)54)99-77(119)59(34-66(110)111)97-74(116)56(27-28-64(85)108)95-75(117)57(98-79(121)67(42(3)4)102-78(61)120)32-48-37-104(8)63-22-16-14-19-52(48)63;3-2(4,5)1(6)7;/h13-16,18-20,22-26,35-37,41-45,53,55-62,67-69,91,107H,11-12,17,21,27-34,38-40,84H2,1-10H3,(H2,85,108)(H2,86,112)(H,89,92)(H,93,109)(H,94,118)(H,95,117)(H,96,113)(H,97,116)(H,98,121)(H,99,119)(H,100,122)(H,101,115)(H,102,120)(H,103,114)(H,110,111)(H4,87,88,90);(H,6,7);1H4/t43-,44-,45-,53+,55-,56-,57-,58-,59-,60-,61-,62-,67-,68-,69-;;/m0../s1. The highest BCUT2D eigenvalue weighted by molar-refractivity contribution is 8.76. The van der Waals surface area contributed by atoms with Crippen LogP contribution in [0.15, 0.2) is 97.7 Å². The van der Waals surface area contributed by atoms with Gasteiger partial charge in [0.15, 0.2) is 5.96 Å². The van der Waals surface area contributed by atoms with Gasteiger partial charge in [0.1, 0.15) is 78.3 Å². The Morgan fingerprint density at radius 3 is 1.80 bits per heavy atom. The first-order valence-corrected chi connectivity index (χ1v) is 45.0. The van der Waals surface area contributed by atoms with E-state index in [9.17, 15) is 71.3 Å². The predicted molar refractivity (Wildman–Crippen MR) is 490 cm³/mol. The van der Waals surface area contributed by atoms with Gasteiger partial charge in [-0.2, -0.15) is 13.2 Å². The van der Waals surface area contributed by atoms with E-state index in [4.69, 9.17) is 38.2 Å². The molecule has 15 amide bonds. The molecule has 43 nitrogen and oxygen atoms in total. The van der Waals surface area contributed by atoms with Crippen molar-refractivity contribution in [2.45, 2.75) is 211 Å². The maximum absolute atomic E-state index is 15.5. The van der Waals surface area contributed by atoms with E-state index in [2.05, 4.69) is 78.8 Å². The number of hydrogen-bond acceptors (Lipinski definition) is 23. The molecule has 3 aromatic carbocycles. The normalized spacial score (nSPS) is 21.2. The SMILES string of the molecule is C.CC[C@H](C)[C@H](NC(=O)[C@H](N)Cc1ccc(O)cc1)C(=O)N[C@H]1CSSC[C@@H](C(=O)N(C)[C@H](C(N)=O)[C@@H](C)CC)NC(=O)[C@H](CCCNC(=N)N)NC(=O)[C@H](Cc2cnc[nH]2)NC(=O)[C@H](C)NC(=O)CN(C)C(=O)[C@H](Cc2c[nH]c3ccccc23)NC(=O)[C@H](CC(=O)O)NC(=O)[C@H](CCC(N)=O)NC(=O)[C@H](Cc2cn(C)c3ccccc23)NC(=O)[C@H](C(C)C)NC1=O.O=C(O)C(F)(F)F. The second kappa shape index (κ2) is 52.6. The van der Waals surface area contributed by atoms with Gasteiger partial charge in [0.05, 0.1) is 25.3 Å². The van der Waals surface area contributed by atoms with E-state index < -0.39 is 246 Å². The molecule has 0 bridgehead atoms. The lowest BCUT2D eigenvalue weighted by atomic mass is 9.97. The number of H-pyrrole nitrogens is 2. The van der Waals surface area contributed by atoms with Crippen LogP contribution >= 0.6 is 21.6 Å². The molecule has 0 unspecified atom stereocenters. The van der Waals surface area contributed by atoms with Crippen molar-refractivity contribution < 1.29 is 110 Å². The summed E-state index contributed by atoms with van der Waals surface area (Å²) in [6.45, 7) is 10.3. The van der Waals surface area contributed by atoms with Gasteiger partial charge < -0.3 is 126 Å². The molecule has 134 heavy (non-hydrogen) atoms. The number of phenolic OH excluding ortho intramolecular Hbond substituents is 1. The number of aromatic nitrogens is 4. The number of imidazole rings is 1. The highest BCUT2D eigenvalue weighted by Crippen LogP contribution is 2.28. The molecular weight excluding hydrogens is 1800 g/mol. The quantitative estimate of drug-likeness (QED) is 0.0119. The maximum Gasteiger partial charge on any atom is 0.490 e. The second-order valence-electron chi connectivity index (χ2n) is 32.5. The van der Waals surface area contributed by atoms with Gasteiger partial charge in [-0.15, -0.1) is 0 Å². The Morgan fingerprint density at radius 2 is 1.21 bits per heavy atom. The number of carbonyl (C=O) groups is 17. The summed E-state index contributed by atoms with van der Waals surface area (Å²) in [4.78, 5) is 253. The lowest BCUT2D eigenvalue weighted by Crippen LogP contribution is -2.62. The molecule has 48 heteroatoms. The number of rotatable bonds is 29. The van der Waals surface area contributed by atoms with Crippen molar-refractivity contribution in [3.63, 3.8) is 0 Å². The number of likely N-dealkylation sites (N-methyl/N-ethyl adjacent to an activating group) is 2. The van der Waals surface area contributed by atoms with Crippen LogP contribution in [0, 0.1) is 23.2 Å². The van der Waals surface area contributed by atoms with Crippen LogP contribution in [0.5, 0.6) is 5.75 Å². The van der Waals surface area contributed by atoms with E-state index >= 15 is 28.8 Å². The van der Waals surface area contributed by atoms with Crippen molar-refractivity contribution in [2.24, 2.45) is 47.7 Å². The molecule has 734 valence electrons. The fraction of sp³-hybridized carbons (Fsp3) is 0.500. The number of guanidine groups is 1. The van der Waals surface area contributed by atoms with Crippen LogP contribution in [0.1, 0.15) is 123 Å². The molecule has 0 aliphatic carbocycles. The zero-order chi connectivity index (χ0) is 99.0. The number of nitrogens with zero attached hydrogens (tertiary/aromatic N) is 4. The largest absolute Gasteiger partial charge is 0.508 e. The topological polar surface area (TPSA) is 679 Å². The third-order valence-corrected chi connectivity index (χ3v) is 24.3. The summed E-state index contributed by atoms with van der Waals surface area (Å²) in [6.07, 6.45) is -2.24. The highest BCUT2D eigenvalue weighted by Gasteiger charge is 2.42. The second-order valence-corrected chi connectivity index (χ2v) is 35.1. The van der Waals surface area contributed by atoms with E-state index in [1.807, 2.05) is 0 Å². The van der Waals surface area contributed by atoms with Crippen molar-refractivity contribution in [2.75, 3.05) is 38.7 Å². The van der Waals surface area contributed by atoms with Gasteiger partial charge in [-0.05, 0) is 91.3 Å². The molecule has 0 radical (unpaired) electrons. The van der Waals surface area contributed by atoms with Gasteiger partial charge in [-0.25, -0.2) is 9.78 Å². The van der Waals surface area contributed by atoms with E-state index in [0.29, 0.717) is 44.9 Å². The van der Waals surface area contributed by atoms with Gasteiger partial charge in [-0.3, -0.25) is 82.1 Å². The number of benzene rings is 3. The van der Waals surface area contributed by atoms with E-state index in [0.717, 1.165) is 31.4 Å². The van der Waals surface area contributed by atoms with Crippen molar-refractivity contribution in [1.29, 1.82) is 5.41 Å². The fourth-order valence-corrected chi connectivity index (χ4v) is 16.5. The Labute approximate surface area is 778 Å². The first-order chi connectivity index (χ1) is 62.6. The summed E-state index contributed by atoms with van der Waals surface area (Å²) >= 11 is 0. The van der Waals surface area contributed by atoms with Crippen LogP contribution in [-0.2, 0) is 114 Å². The first-order valence-electron chi connectivity index (χ1n) is 42.5. The molecular formula is C86H122F3N23O20S2. The highest BCUT2D eigenvalue weighted by atomic mass is 33.1. The monoisotopic (exact) mass is 1920 g/mol. The molecule has 7 rings (SSSR count). The number of hydrogen-bond donors (Lipinski definition) is 22. The van der Waals surface area contributed by atoms with Gasteiger partial charge in [-0.1, -0.05) is 132 Å². The number of aliphatic carboxylic acids is 2. The molecule has 1 fully saturated rings. The molecule has 0 spiro atoms. The minimum atomic E-state index is -5.08. The number of carboxylic acids is 2. The summed E-state index contributed by atoms with van der Waals surface area (Å²) < 4.78 is 33.5. The number of aromatic hydroxyl groups is 1. The van der Waals surface area contributed by atoms with Crippen molar-refractivity contribution >= 4 is 150 Å². The number of primary amides is 2. The maximum atomic E-state index is 15.5. The van der Waals surface area contributed by atoms with Crippen LogP contribution in [0.4, 0.5) is 13.2 Å². The Morgan fingerprint density at radius 1 is 0.657 bits per heavy atom. The van der Waals surface area contributed by atoms with Gasteiger partial charge in [0.2, 0.25) is 88.6 Å². The molecule has 1 aliphatic rings. The summed E-state index contributed by atoms with van der Waals surface area (Å²) in [5.41, 5.74) is 26.7. The molecule has 1 saturated heterocycles. The number of aryl methyl sites for hydroxylation is 1. The molecule has 6 aromatic rings. The Balaban J connectivity index is 0.00000381. The Hall–Kier alpha value is -13.5. The third kappa shape index (κ3) is 33.9. The number of nitrogens with two attached hydrogens (primary N) is 4. The number of fused-ring (bicyclic) bond motifs is 2. The van der Waals surface area contributed by atoms with Gasteiger partial charge in [0, 0.05) is 111 Å². The van der Waals surface area contributed by atoms with E-state index in [-0.39, 0.29) is 70.4 Å². The minimum absolute atomic E-state index is 0. The zero-order valence-corrected chi connectivity index (χ0v) is 76.5. The number of nitrogens with one attached hydrogen (secondary N) is 15. The lowest BCUT2D eigenvalue weighted by Gasteiger charge is -2.33. The van der Waals surface area contributed by atoms with Crippen LogP contribution in [0.2, 0.25) is 0 Å². The smallest absolute Gasteiger partial charge is 0.490 e. The summed E-state index contributed by atoms with van der Waals surface area (Å²) in [5.74, 6) is -22.8. The molecule has 1 aliphatic heterocycles. The molecule has 0 saturated carbocycles. The molecule has 26 N–H and O–H groups in total. The van der Waals surface area contributed by atoms with Crippen LogP contribution in [0.3, 0.4) is 0 Å². The van der Waals surface area contributed by atoms with Crippen molar-refractivity contribution in [3.05, 3.63) is 120 Å². The van der Waals surface area contributed by atoms with Crippen LogP contribution in [0.25, 0.3) is 21.8 Å². The number of amides is 15. The summed E-state index contributed by atoms with van der Waals surface area (Å²) in [7, 11) is 5.95. The van der Waals surface area contributed by atoms with E-state index in [1.165, 1.54) is 45.7 Å². The average molecular weight is 1920 g/mol. The van der Waals surface area contributed by atoms with E-state index in [1.54, 1.807) is 126 Å². The number of para-hydroxylation sites is 2. The van der Waals surface area contributed by atoms with Crippen molar-refractivity contribution in [1.82, 2.24) is 93.1 Å². The van der Waals surface area contributed by atoms with Gasteiger partial charge >= 0.3 is 18.1 Å². The number of carboxylic acid groups (broad SMARTS) is 2. The summed E-state index contributed by atoms with van der Waals surface area (Å²) in [6, 6.07) is -1.05. The van der Waals surface area contributed by atoms with Crippen LogP contribution in [-0.4, -0.2) is 275 Å². The lowest BCUT2D eigenvalue weighted by molar-refractivity contribution is -0.192. The first kappa shape index (κ1) is 111. The molecule has 3 aromatic heterocycles. The number of phenols is 1. The zero-order valence-electron chi connectivity index (χ0n) is 74.9. The fourth-order valence-electron chi connectivity index (χ4n) is 14.2. The average Bonchev–Trinajstić information content (AvgIpc) is 1.63. The van der Waals surface area contributed by atoms with Crippen LogP contribution < -0.4 is 86.7 Å². The molecule has 15 atom stereocenters. The molecule has 4 heterocycles. The number of halogens is 3. The number of alkyl halides is 3. The predicted octanol–water partition coefficient (Wildman–Crippen LogP) is -0.774. The Kier molecular flexibility index (Phi) is 43.6. The minimum Gasteiger partial charge on any atom is -0.508 e. The summed E-state index contributed by atoms with van der Waals surface area (Å²) in [5, 5.41) is 67.9. The number of carbonyl (C=O) groups excluding carboxylic acids is 15. The van der Waals surface area contributed by atoms with Gasteiger partial charge in [0.25, 0.3) is 0 Å². The van der Waals surface area contributed by atoms with Crippen molar-refractivity contribution in [3.8, 4) is 5.75 Å². The third-order valence-electron chi connectivity index (χ3n) is 21.9.